The lowest BCUT2D eigenvalue weighted by molar-refractivity contribution is 0.231. The molecular formula is C17H15ClN4O2. The van der Waals surface area contributed by atoms with E-state index < -0.39 is 0 Å². The number of halogens is 1. The number of benzene rings is 1. The smallest absolute Gasteiger partial charge is 0.315 e. The van der Waals surface area contributed by atoms with Crippen LogP contribution in [0.5, 0.6) is 5.75 Å². The average molecular weight is 343 g/mol. The van der Waals surface area contributed by atoms with Gasteiger partial charge < -0.3 is 20.4 Å². The molecule has 0 aliphatic carbocycles. The molecule has 1 aliphatic rings. The quantitative estimate of drug-likeness (QED) is 0.684. The Morgan fingerprint density at radius 3 is 3.17 bits per heavy atom. The Kier molecular flexibility index (Phi) is 3.74. The lowest BCUT2D eigenvalue weighted by atomic mass is 10.1. The summed E-state index contributed by atoms with van der Waals surface area (Å²) in [6, 6.07) is 10.7. The number of nitrogens with zero attached hydrogens (tertiary/aromatic N) is 1. The molecule has 24 heavy (non-hydrogen) atoms. The van der Waals surface area contributed by atoms with Crippen molar-refractivity contribution in [1.82, 2.24) is 20.6 Å². The molecule has 0 radical (unpaired) electrons. The molecule has 1 aromatic carbocycles. The topological polar surface area (TPSA) is 79.0 Å². The standard InChI is InChI=1S/C17H15ClN4O2/c18-11-2-4-15-13(7-11)14(9-24-15)22-17(23)20-8-12-3-1-10-5-6-19-16(10)21-12/h1-7,14H,8-9H2,(H,19,21)(H2,20,22,23). The van der Waals surface area contributed by atoms with Crippen LogP contribution in [0.1, 0.15) is 17.3 Å². The number of aromatic amines is 1. The van der Waals surface area contributed by atoms with Crippen LogP contribution in [0.15, 0.2) is 42.6 Å². The van der Waals surface area contributed by atoms with Crippen molar-refractivity contribution >= 4 is 28.7 Å². The molecule has 7 heteroatoms. The molecule has 0 saturated heterocycles. The van der Waals surface area contributed by atoms with Gasteiger partial charge in [-0.1, -0.05) is 11.6 Å². The third-order valence-corrected chi connectivity index (χ3v) is 4.19. The van der Waals surface area contributed by atoms with Gasteiger partial charge in [-0.05, 0) is 36.4 Å². The molecule has 6 nitrogen and oxygen atoms in total. The molecule has 0 spiro atoms. The molecular weight excluding hydrogens is 328 g/mol. The molecule has 3 N–H and O–H groups in total. The van der Waals surface area contributed by atoms with Gasteiger partial charge in [0.25, 0.3) is 0 Å². The van der Waals surface area contributed by atoms with Gasteiger partial charge in [0, 0.05) is 22.2 Å². The fourth-order valence-electron chi connectivity index (χ4n) is 2.75. The minimum atomic E-state index is -0.273. The van der Waals surface area contributed by atoms with E-state index in [1.165, 1.54) is 0 Å². The number of urea groups is 1. The number of ether oxygens (including phenoxy) is 1. The Bertz CT molecular complexity index is 908. The molecule has 1 unspecified atom stereocenters. The molecule has 0 fully saturated rings. The third-order valence-electron chi connectivity index (χ3n) is 3.96. The zero-order chi connectivity index (χ0) is 16.5. The van der Waals surface area contributed by atoms with Gasteiger partial charge in [0.15, 0.2) is 0 Å². The molecule has 4 rings (SSSR count). The minimum Gasteiger partial charge on any atom is -0.491 e. The summed E-state index contributed by atoms with van der Waals surface area (Å²) in [6.45, 7) is 0.743. The molecule has 3 aromatic rings. The van der Waals surface area contributed by atoms with Crippen molar-refractivity contribution < 1.29 is 9.53 Å². The number of H-pyrrole nitrogens is 1. The van der Waals surface area contributed by atoms with Crippen LogP contribution in [-0.4, -0.2) is 22.6 Å². The van der Waals surface area contributed by atoms with Gasteiger partial charge in [0.2, 0.25) is 0 Å². The zero-order valence-corrected chi connectivity index (χ0v) is 13.4. The molecule has 2 amide bonds. The van der Waals surface area contributed by atoms with Gasteiger partial charge in [-0.25, -0.2) is 9.78 Å². The van der Waals surface area contributed by atoms with Gasteiger partial charge in [0.1, 0.15) is 18.0 Å². The van der Waals surface area contributed by atoms with Crippen molar-refractivity contribution in [3.05, 3.63) is 58.9 Å². The largest absolute Gasteiger partial charge is 0.491 e. The highest BCUT2D eigenvalue weighted by molar-refractivity contribution is 6.30. The van der Waals surface area contributed by atoms with Crippen LogP contribution in [0.4, 0.5) is 4.79 Å². The Morgan fingerprint density at radius 2 is 2.25 bits per heavy atom. The predicted octanol–water partition coefficient (Wildman–Crippen LogP) is 3.15. The molecule has 0 saturated carbocycles. The summed E-state index contributed by atoms with van der Waals surface area (Å²) in [5, 5.41) is 7.37. The van der Waals surface area contributed by atoms with Crippen molar-refractivity contribution in [1.29, 1.82) is 0 Å². The van der Waals surface area contributed by atoms with E-state index in [-0.39, 0.29) is 12.1 Å². The fraction of sp³-hybridized carbons (Fsp3) is 0.176. The van der Waals surface area contributed by atoms with Gasteiger partial charge in [-0.3, -0.25) is 0 Å². The maximum atomic E-state index is 12.1. The molecule has 1 atom stereocenters. The Balaban J connectivity index is 1.38. The zero-order valence-electron chi connectivity index (χ0n) is 12.7. The highest BCUT2D eigenvalue weighted by Crippen LogP contribution is 2.34. The van der Waals surface area contributed by atoms with Crippen LogP contribution in [0.25, 0.3) is 11.0 Å². The monoisotopic (exact) mass is 342 g/mol. The normalized spacial score (nSPS) is 15.8. The maximum absolute atomic E-state index is 12.1. The van der Waals surface area contributed by atoms with E-state index in [2.05, 4.69) is 20.6 Å². The number of hydrogen-bond acceptors (Lipinski definition) is 3. The van der Waals surface area contributed by atoms with Crippen LogP contribution in [0.2, 0.25) is 5.02 Å². The first kappa shape index (κ1) is 14.8. The summed E-state index contributed by atoms with van der Waals surface area (Å²) in [5.41, 5.74) is 2.48. The van der Waals surface area contributed by atoms with Crippen LogP contribution in [-0.2, 0) is 6.54 Å². The first-order valence-electron chi connectivity index (χ1n) is 7.59. The molecule has 2 aromatic heterocycles. The number of pyridine rings is 1. The SMILES string of the molecule is O=C(NCc1ccc2cc[nH]c2n1)NC1COc2ccc(Cl)cc21. The van der Waals surface area contributed by atoms with Crippen LogP contribution in [0, 0.1) is 0 Å². The number of aromatic nitrogens is 2. The van der Waals surface area contributed by atoms with E-state index in [9.17, 15) is 4.79 Å². The average Bonchev–Trinajstić information content (AvgIpc) is 3.19. The van der Waals surface area contributed by atoms with Gasteiger partial charge in [0.05, 0.1) is 18.3 Å². The van der Waals surface area contributed by atoms with Gasteiger partial charge >= 0.3 is 6.03 Å². The Morgan fingerprint density at radius 1 is 1.33 bits per heavy atom. The van der Waals surface area contributed by atoms with Crippen molar-refractivity contribution in [3.8, 4) is 5.75 Å². The molecule has 1 aliphatic heterocycles. The van der Waals surface area contributed by atoms with Crippen LogP contribution in [0.3, 0.4) is 0 Å². The van der Waals surface area contributed by atoms with E-state index in [0.717, 1.165) is 28.0 Å². The van der Waals surface area contributed by atoms with Crippen molar-refractivity contribution in [3.63, 3.8) is 0 Å². The maximum Gasteiger partial charge on any atom is 0.315 e. The third kappa shape index (κ3) is 2.88. The van der Waals surface area contributed by atoms with Crippen molar-refractivity contribution in [2.75, 3.05) is 6.61 Å². The fourth-order valence-corrected chi connectivity index (χ4v) is 2.94. The van der Waals surface area contributed by atoms with E-state index in [1.807, 2.05) is 36.5 Å². The molecule has 3 heterocycles. The molecule has 0 bridgehead atoms. The van der Waals surface area contributed by atoms with E-state index >= 15 is 0 Å². The van der Waals surface area contributed by atoms with E-state index in [4.69, 9.17) is 16.3 Å². The summed E-state index contributed by atoms with van der Waals surface area (Å²) >= 11 is 6.01. The van der Waals surface area contributed by atoms with Crippen LogP contribution >= 0.6 is 11.6 Å². The van der Waals surface area contributed by atoms with Crippen molar-refractivity contribution in [2.45, 2.75) is 12.6 Å². The molecule has 122 valence electrons. The number of fused-ring (bicyclic) bond motifs is 2. The van der Waals surface area contributed by atoms with E-state index in [0.29, 0.717) is 18.2 Å². The lowest BCUT2D eigenvalue weighted by Crippen LogP contribution is -2.38. The lowest BCUT2D eigenvalue weighted by Gasteiger charge is -2.13. The predicted molar refractivity (Wildman–Crippen MR) is 91.2 cm³/mol. The number of nitrogens with one attached hydrogen (secondary N) is 3. The second-order valence-electron chi connectivity index (χ2n) is 5.59. The van der Waals surface area contributed by atoms with Crippen LogP contribution < -0.4 is 15.4 Å². The van der Waals surface area contributed by atoms with E-state index in [1.54, 1.807) is 6.07 Å². The second kappa shape index (κ2) is 6.05. The Labute approximate surface area is 143 Å². The minimum absolute atomic E-state index is 0.211. The first-order valence-corrected chi connectivity index (χ1v) is 7.96. The summed E-state index contributed by atoms with van der Waals surface area (Å²) < 4.78 is 5.55. The summed E-state index contributed by atoms with van der Waals surface area (Å²) in [5.74, 6) is 0.753. The Hall–Kier alpha value is -2.73. The first-order chi connectivity index (χ1) is 11.7. The van der Waals surface area contributed by atoms with Gasteiger partial charge in [-0.15, -0.1) is 0 Å². The van der Waals surface area contributed by atoms with Crippen molar-refractivity contribution in [2.24, 2.45) is 0 Å². The number of hydrogen-bond donors (Lipinski definition) is 3. The summed E-state index contributed by atoms with van der Waals surface area (Å²) in [4.78, 5) is 19.6. The summed E-state index contributed by atoms with van der Waals surface area (Å²) in [6.07, 6.45) is 1.84. The highest BCUT2D eigenvalue weighted by Gasteiger charge is 2.25. The number of amides is 2. The van der Waals surface area contributed by atoms with Gasteiger partial charge in [-0.2, -0.15) is 0 Å². The number of carbonyl (C=O) groups excluding carboxylic acids is 1. The highest BCUT2D eigenvalue weighted by atomic mass is 35.5. The second-order valence-corrected chi connectivity index (χ2v) is 6.03. The number of rotatable bonds is 3. The number of carbonyl (C=O) groups is 1. The summed E-state index contributed by atoms with van der Waals surface area (Å²) in [7, 11) is 0.